The smallest absolute Gasteiger partial charge is 0.222 e. The quantitative estimate of drug-likeness (QED) is 0.794. The van der Waals surface area contributed by atoms with E-state index in [1.165, 1.54) is 16.7 Å². The molecule has 28 heavy (non-hydrogen) atoms. The molecule has 1 aromatic carbocycles. The normalized spacial score (nSPS) is 14.6. The lowest BCUT2D eigenvalue weighted by molar-refractivity contribution is -0.132. The van der Waals surface area contributed by atoms with Gasteiger partial charge in [0.05, 0.1) is 0 Å². The summed E-state index contributed by atoms with van der Waals surface area (Å²) in [5.41, 5.74) is 4.78. The molecule has 0 unspecified atom stereocenters. The third-order valence-electron chi connectivity index (χ3n) is 5.28. The lowest BCUT2D eigenvalue weighted by Gasteiger charge is -2.37. The van der Waals surface area contributed by atoms with Crippen LogP contribution < -0.4 is 4.90 Å². The van der Waals surface area contributed by atoms with Gasteiger partial charge in [0.1, 0.15) is 11.6 Å². The molecule has 0 saturated carbocycles. The summed E-state index contributed by atoms with van der Waals surface area (Å²) in [6, 6.07) is 8.62. The molecule has 5 heteroatoms. The van der Waals surface area contributed by atoms with Crippen LogP contribution in [0.3, 0.4) is 0 Å². The molecule has 0 bridgehead atoms. The molecular weight excluding hydrogens is 348 g/mol. The highest BCUT2D eigenvalue weighted by atomic mass is 16.2. The van der Waals surface area contributed by atoms with Gasteiger partial charge in [-0.25, -0.2) is 9.97 Å². The predicted molar refractivity (Wildman–Crippen MR) is 114 cm³/mol. The Morgan fingerprint density at radius 3 is 2.43 bits per heavy atom. The molecule has 0 radical (unpaired) electrons. The van der Waals surface area contributed by atoms with Gasteiger partial charge in [0.2, 0.25) is 5.91 Å². The van der Waals surface area contributed by atoms with Gasteiger partial charge >= 0.3 is 0 Å². The molecule has 5 nitrogen and oxygen atoms in total. The zero-order valence-electron chi connectivity index (χ0n) is 17.8. The van der Waals surface area contributed by atoms with E-state index in [-0.39, 0.29) is 5.91 Å². The first-order valence-electron chi connectivity index (χ1n) is 10.3. The number of nitrogens with zero attached hydrogens (tertiary/aromatic N) is 4. The largest absolute Gasteiger partial charge is 0.353 e. The van der Waals surface area contributed by atoms with Crippen molar-refractivity contribution >= 4 is 11.7 Å². The summed E-state index contributed by atoms with van der Waals surface area (Å²) in [5, 5.41) is 0. The van der Waals surface area contributed by atoms with E-state index in [1.807, 2.05) is 11.8 Å². The zero-order chi connectivity index (χ0) is 20.3. The molecule has 0 atom stereocenters. The Hall–Kier alpha value is -2.43. The maximum atomic E-state index is 12.4. The topological polar surface area (TPSA) is 49.3 Å². The van der Waals surface area contributed by atoms with E-state index < -0.39 is 0 Å². The maximum absolute atomic E-state index is 12.4. The molecular formula is C23H32N4O. The third-order valence-corrected chi connectivity index (χ3v) is 5.28. The molecule has 0 N–H and O–H groups in total. The standard InChI is InChI=1S/C23H32N4O/c1-16(2)13-22(28)26-9-11-27(12-10-26)23-21(18(4)24-19(5)25-23)15-20-8-6-7-17(3)14-20/h6-8,14,16H,9-13,15H2,1-5H3. The second kappa shape index (κ2) is 8.72. The molecule has 1 aliphatic heterocycles. The van der Waals surface area contributed by atoms with E-state index in [0.29, 0.717) is 12.3 Å². The lowest BCUT2D eigenvalue weighted by Crippen LogP contribution is -2.49. The number of carbonyl (C=O) groups excluding carboxylic acids is 1. The molecule has 0 aliphatic carbocycles. The minimum atomic E-state index is 0.268. The van der Waals surface area contributed by atoms with Crippen molar-refractivity contribution in [2.45, 2.75) is 47.5 Å². The van der Waals surface area contributed by atoms with Crippen molar-refractivity contribution in [2.24, 2.45) is 5.92 Å². The van der Waals surface area contributed by atoms with Gasteiger partial charge in [-0.05, 0) is 32.3 Å². The number of anilines is 1. The molecule has 2 aromatic rings. The maximum Gasteiger partial charge on any atom is 0.222 e. The van der Waals surface area contributed by atoms with Crippen molar-refractivity contribution in [3.8, 4) is 0 Å². The summed E-state index contributed by atoms with van der Waals surface area (Å²) in [6.07, 6.45) is 1.46. The molecule has 1 saturated heterocycles. The van der Waals surface area contributed by atoms with Crippen LogP contribution in [0.5, 0.6) is 0 Å². The van der Waals surface area contributed by atoms with Gasteiger partial charge in [0.15, 0.2) is 0 Å². The van der Waals surface area contributed by atoms with Crippen LogP contribution in [-0.2, 0) is 11.2 Å². The van der Waals surface area contributed by atoms with E-state index in [4.69, 9.17) is 4.98 Å². The highest BCUT2D eigenvalue weighted by Crippen LogP contribution is 2.25. The van der Waals surface area contributed by atoms with Gasteiger partial charge in [-0.15, -0.1) is 0 Å². The van der Waals surface area contributed by atoms with Crippen molar-refractivity contribution in [1.29, 1.82) is 0 Å². The SMILES string of the molecule is Cc1cccc(Cc2c(C)nc(C)nc2N2CCN(C(=O)CC(C)C)CC2)c1. The monoisotopic (exact) mass is 380 g/mol. The van der Waals surface area contributed by atoms with Gasteiger partial charge in [0.25, 0.3) is 0 Å². The van der Waals surface area contributed by atoms with Crippen LogP contribution in [0.25, 0.3) is 0 Å². The van der Waals surface area contributed by atoms with Gasteiger partial charge in [-0.2, -0.15) is 0 Å². The van der Waals surface area contributed by atoms with Crippen molar-refractivity contribution in [1.82, 2.24) is 14.9 Å². The van der Waals surface area contributed by atoms with Crippen LogP contribution in [0.1, 0.15) is 48.5 Å². The summed E-state index contributed by atoms with van der Waals surface area (Å²) < 4.78 is 0. The zero-order valence-corrected chi connectivity index (χ0v) is 17.8. The first kappa shape index (κ1) is 20.3. The van der Waals surface area contributed by atoms with Crippen LogP contribution in [0, 0.1) is 26.7 Å². The lowest BCUT2D eigenvalue weighted by atomic mass is 10.0. The second-order valence-electron chi connectivity index (χ2n) is 8.29. The average Bonchev–Trinajstić information content (AvgIpc) is 2.63. The summed E-state index contributed by atoms with van der Waals surface area (Å²) in [5.74, 6) is 2.50. The Balaban J connectivity index is 1.79. The first-order chi connectivity index (χ1) is 13.3. The van der Waals surface area contributed by atoms with Crippen molar-refractivity contribution < 1.29 is 4.79 Å². The van der Waals surface area contributed by atoms with Gasteiger partial charge in [0, 0.05) is 50.3 Å². The highest BCUT2D eigenvalue weighted by molar-refractivity contribution is 5.76. The Morgan fingerprint density at radius 1 is 1.07 bits per heavy atom. The molecule has 1 fully saturated rings. The van der Waals surface area contributed by atoms with Crippen molar-refractivity contribution in [3.05, 3.63) is 52.5 Å². The number of piperazine rings is 1. The number of carbonyl (C=O) groups is 1. The Labute approximate surface area is 168 Å². The molecule has 0 spiro atoms. The van der Waals surface area contributed by atoms with Crippen LogP contribution >= 0.6 is 0 Å². The van der Waals surface area contributed by atoms with Crippen LogP contribution in [-0.4, -0.2) is 47.0 Å². The summed E-state index contributed by atoms with van der Waals surface area (Å²) in [6.45, 7) is 13.5. The molecule has 1 aromatic heterocycles. The predicted octanol–water partition coefficient (Wildman–Crippen LogP) is 3.69. The molecule has 2 heterocycles. The van der Waals surface area contributed by atoms with Crippen molar-refractivity contribution in [3.63, 3.8) is 0 Å². The van der Waals surface area contributed by atoms with Gasteiger partial charge < -0.3 is 9.80 Å². The van der Waals surface area contributed by atoms with Crippen molar-refractivity contribution in [2.75, 3.05) is 31.1 Å². The van der Waals surface area contributed by atoms with Crippen LogP contribution in [0.2, 0.25) is 0 Å². The van der Waals surface area contributed by atoms with Gasteiger partial charge in [-0.3, -0.25) is 4.79 Å². The highest BCUT2D eigenvalue weighted by Gasteiger charge is 2.25. The number of hydrogen-bond acceptors (Lipinski definition) is 4. The average molecular weight is 381 g/mol. The van der Waals surface area contributed by atoms with E-state index in [0.717, 1.165) is 49.9 Å². The molecule has 1 aliphatic rings. The minimum absolute atomic E-state index is 0.268. The summed E-state index contributed by atoms with van der Waals surface area (Å²) in [7, 11) is 0. The van der Waals surface area contributed by atoms with E-state index in [2.05, 4.69) is 61.8 Å². The van der Waals surface area contributed by atoms with Gasteiger partial charge in [-0.1, -0.05) is 43.7 Å². The number of rotatable bonds is 5. The van der Waals surface area contributed by atoms with Crippen LogP contribution in [0.15, 0.2) is 24.3 Å². The molecule has 3 rings (SSSR count). The number of aryl methyl sites for hydroxylation is 3. The fourth-order valence-electron chi connectivity index (χ4n) is 3.86. The first-order valence-corrected chi connectivity index (χ1v) is 10.3. The van der Waals surface area contributed by atoms with E-state index in [1.54, 1.807) is 0 Å². The number of amides is 1. The summed E-state index contributed by atoms with van der Waals surface area (Å²) in [4.78, 5) is 26.1. The fraction of sp³-hybridized carbons (Fsp3) is 0.522. The number of hydrogen-bond donors (Lipinski definition) is 0. The Morgan fingerprint density at radius 2 is 1.79 bits per heavy atom. The Bertz CT molecular complexity index is 838. The van der Waals surface area contributed by atoms with Crippen LogP contribution in [0.4, 0.5) is 5.82 Å². The van der Waals surface area contributed by atoms with E-state index in [9.17, 15) is 4.79 Å². The second-order valence-corrected chi connectivity index (χ2v) is 8.29. The Kier molecular flexibility index (Phi) is 6.32. The third kappa shape index (κ3) is 4.89. The summed E-state index contributed by atoms with van der Waals surface area (Å²) >= 11 is 0. The number of benzene rings is 1. The number of aromatic nitrogens is 2. The molecule has 150 valence electrons. The minimum Gasteiger partial charge on any atom is -0.353 e. The molecule has 1 amide bonds. The van der Waals surface area contributed by atoms with E-state index >= 15 is 0 Å². The fourth-order valence-corrected chi connectivity index (χ4v) is 3.86.